The van der Waals surface area contributed by atoms with Gasteiger partial charge in [-0.1, -0.05) is 26.0 Å². The molecular formula is C16H18N2OS. The van der Waals surface area contributed by atoms with Crippen molar-refractivity contribution in [1.82, 2.24) is 4.98 Å². The van der Waals surface area contributed by atoms with Gasteiger partial charge < -0.3 is 4.74 Å². The summed E-state index contributed by atoms with van der Waals surface area (Å²) < 4.78 is 5.79. The number of nitrogens with zero attached hydrogens (tertiary/aromatic N) is 2. The Hall–Kier alpha value is -1.86. The van der Waals surface area contributed by atoms with Crippen LogP contribution in [-0.4, -0.2) is 4.98 Å². The molecule has 0 spiro atoms. The number of ether oxygens (including phenoxy) is 1. The third kappa shape index (κ3) is 3.58. The predicted octanol–water partition coefficient (Wildman–Crippen LogP) is 3.91. The molecule has 1 aromatic carbocycles. The van der Waals surface area contributed by atoms with E-state index in [1.54, 1.807) is 11.3 Å². The first-order chi connectivity index (χ1) is 9.76. The monoisotopic (exact) mass is 286 g/mol. The average molecular weight is 286 g/mol. The fraction of sp³-hybridized carbons (Fsp3) is 0.375. The van der Waals surface area contributed by atoms with Gasteiger partial charge in [-0.25, -0.2) is 4.98 Å². The highest BCUT2D eigenvalue weighted by Crippen LogP contribution is 2.22. The Morgan fingerprint density at radius 3 is 2.85 bits per heavy atom. The Bertz CT molecular complexity index is 613. The van der Waals surface area contributed by atoms with Crippen molar-refractivity contribution in [3.8, 4) is 11.8 Å². The van der Waals surface area contributed by atoms with E-state index in [4.69, 9.17) is 10.00 Å². The van der Waals surface area contributed by atoms with Crippen molar-refractivity contribution in [2.75, 3.05) is 0 Å². The maximum Gasteiger partial charge on any atom is 0.140 e. The molecule has 0 aliphatic rings. The van der Waals surface area contributed by atoms with Gasteiger partial charge in [0.2, 0.25) is 0 Å². The zero-order valence-electron chi connectivity index (χ0n) is 11.8. The summed E-state index contributed by atoms with van der Waals surface area (Å²) >= 11 is 1.58. The van der Waals surface area contributed by atoms with E-state index in [-0.39, 0.29) is 0 Å². The zero-order valence-corrected chi connectivity index (χ0v) is 12.7. The van der Waals surface area contributed by atoms with Gasteiger partial charge in [0.25, 0.3) is 0 Å². The van der Waals surface area contributed by atoms with Crippen LogP contribution in [0.5, 0.6) is 5.75 Å². The van der Waals surface area contributed by atoms with Crippen LogP contribution >= 0.6 is 11.3 Å². The molecule has 1 heterocycles. The molecule has 0 fully saturated rings. The molecule has 0 saturated heterocycles. The van der Waals surface area contributed by atoms with Gasteiger partial charge in [-0.05, 0) is 30.5 Å². The van der Waals surface area contributed by atoms with Crippen LogP contribution < -0.4 is 4.74 Å². The highest BCUT2D eigenvalue weighted by molar-refractivity contribution is 7.11. The van der Waals surface area contributed by atoms with Crippen LogP contribution in [0.3, 0.4) is 0 Å². The Morgan fingerprint density at radius 1 is 1.30 bits per heavy atom. The third-order valence-electron chi connectivity index (χ3n) is 3.07. The first-order valence-corrected chi connectivity index (χ1v) is 7.64. The number of hydrogen-bond acceptors (Lipinski definition) is 4. The van der Waals surface area contributed by atoms with E-state index >= 15 is 0 Å². The first kappa shape index (κ1) is 14.5. The van der Waals surface area contributed by atoms with E-state index in [9.17, 15) is 0 Å². The van der Waals surface area contributed by atoms with Crippen molar-refractivity contribution in [1.29, 1.82) is 5.26 Å². The maximum absolute atomic E-state index is 8.81. The summed E-state index contributed by atoms with van der Waals surface area (Å²) in [7, 11) is 0. The molecule has 0 aliphatic heterocycles. The zero-order chi connectivity index (χ0) is 14.4. The molecule has 0 amide bonds. The smallest absolute Gasteiger partial charge is 0.140 e. The molecule has 4 heteroatoms. The van der Waals surface area contributed by atoms with E-state index < -0.39 is 0 Å². The lowest BCUT2D eigenvalue weighted by atomic mass is 10.2. The normalized spacial score (nSPS) is 10.2. The molecule has 0 saturated carbocycles. The fourth-order valence-corrected chi connectivity index (χ4v) is 2.99. The predicted molar refractivity (Wildman–Crippen MR) is 81.0 cm³/mol. The second-order valence-electron chi connectivity index (χ2n) is 4.46. The highest BCUT2D eigenvalue weighted by atomic mass is 32.1. The number of rotatable bonds is 6. The third-order valence-corrected chi connectivity index (χ3v) is 4.14. The minimum absolute atomic E-state index is 0.437. The molecule has 0 bridgehead atoms. The second-order valence-corrected chi connectivity index (χ2v) is 5.62. The van der Waals surface area contributed by atoms with Crippen molar-refractivity contribution in [2.45, 2.75) is 39.7 Å². The number of hydrogen-bond donors (Lipinski definition) is 0. The van der Waals surface area contributed by atoms with Crippen LogP contribution in [0, 0.1) is 11.3 Å². The van der Waals surface area contributed by atoms with Gasteiger partial charge in [0.1, 0.15) is 17.4 Å². The van der Waals surface area contributed by atoms with Crippen molar-refractivity contribution in [3.63, 3.8) is 0 Å². The van der Waals surface area contributed by atoms with Gasteiger partial charge in [-0.2, -0.15) is 5.26 Å². The molecular weight excluding hydrogens is 268 g/mol. The summed E-state index contributed by atoms with van der Waals surface area (Å²) in [5.74, 6) is 0.874. The lowest BCUT2D eigenvalue weighted by Crippen LogP contribution is -1.96. The van der Waals surface area contributed by atoms with Gasteiger partial charge in [-0.15, -0.1) is 11.3 Å². The molecule has 2 rings (SSSR count). The number of benzene rings is 1. The standard InChI is InChI=1S/C16H18N2OS/c1-3-12-6-5-7-13(10-12)19-11-16-18-14(4-2)15(20-16)8-9-17/h5-7,10H,3-4,8,11H2,1-2H3. The quantitative estimate of drug-likeness (QED) is 0.808. The van der Waals surface area contributed by atoms with Crippen molar-refractivity contribution < 1.29 is 4.74 Å². The summed E-state index contributed by atoms with van der Waals surface area (Å²) in [6, 6.07) is 10.3. The topological polar surface area (TPSA) is 45.9 Å². The summed E-state index contributed by atoms with van der Waals surface area (Å²) in [5, 5.41) is 9.75. The number of thiazole rings is 1. The summed E-state index contributed by atoms with van der Waals surface area (Å²) in [5.41, 5.74) is 2.29. The maximum atomic E-state index is 8.81. The summed E-state index contributed by atoms with van der Waals surface area (Å²) in [6.07, 6.45) is 2.30. The molecule has 104 valence electrons. The molecule has 3 nitrogen and oxygen atoms in total. The Kier molecular flexibility index (Phi) is 5.14. The van der Waals surface area contributed by atoms with Gasteiger partial charge in [0.05, 0.1) is 18.2 Å². The van der Waals surface area contributed by atoms with Crippen LogP contribution in [-0.2, 0) is 25.9 Å². The molecule has 0 aliphatic carbocycles. The second kappa shape index (κ2) is 7.06. The number of aromatic nitrogens is 1. The average Bonchev–Trinajstić information content (AvgIpc) is 2.88. The van der Waals surface area contributed by atoms with Gasteiger partial charge >= 0.3 is 0 Å². The van der Waals surface area contributed by atoms with Crippen molar-refractivity contribution in [3.05, 3.63) is 45.4 Å². The van der Waals surface area contributed by atoms with Crippen LogP contribution in [0.4, 0.5) is 0 Å². The molecule has 0 N–H and O–H groups in total. The van der Waals surface area contributed by atoms with Crippen LogP contribution in [0.1, 0.15) is 35.0 Å². The minimum Gasteiger partial charge on any atom is -0.486 e. The lowest BCUT2D eigenvalue weighted by Gasteiger charge is -2.05. The molecule has 2 aromatic rings. The highest BCUT2D eigenvalue weighted by Gasteiger charge is 2.10. The molecule has 0 unspecified atom stereocenters. The Balaban J connectivity index is 2.05. The summed E-state index contributed by atoms with van der Waals surface area (Å²) in [4.78, 5) is 5.61. The van der Waals surface area contributed by atoms with E-state index in [0.29, 0.717) is 13.0 Å². The first-order valence-electron chi connectivity index (χ1n) is 6.83. The van der Waals surface area contributed by atoms with Gasteiger partial charge in [-0.3, -0.25) is 0 Å². The van der Waals surface area contributed by atoms with Crippen LogP contribution in [0.25, 0.3) is 0 Å². The fourth-order valence-electron chi connectivity index (χ4n) is 1.98. The number of nitriles is 1. The SMILES string of the molecule is CCc1cccc(OCc2nc(CC)c(CC#N)s2)c1. The van der Waals surface area contributed by atoms with E-state index in [2.05, 4.69) is 37.0 Å². The lowest BCUT2D eigenvalue weighted by molar-refractivity contribution is 0.305. The van der Waals surface area contributed by atoms with Crippen molar-refractivity contribution >= 4 is 11.3 Å². The van der Waals surface area contributed by atoms with Gasteiger partial charge in [0.15, 0.2) is 0 Å². The molecule has 1 aromatic heterocycles. The van der Waals surface area contributed by atoms with E-state index in [1.807, 2.05) is 12.1 Å². The largest absolute Gasteiger partial charge is 0.486 e. The van der Waals surface area contributed by atoms with Crippen LogP contribution in [0.15, 0.2) is 24.3 Å². The molecule has 0 atom stereocenters. The minimum atomic E-state index is 0.437. The van der Waals surface area contributed by atoms with Crippen molar-refractivity contribution in [2.24, 2.45) is 0 Å². The number of aryl methyl sites for hydroxylation is 2. The van der Waals surface area contributed by atoms with E-state index in [0.717, 1.165) is 34.2 Å². The Labute approximate surface area is 123 Å². The van der Waals surface area contributed by atoms with Gasteiger partial charge in [0, 0.05) is 4.88 Å². The molecule has 20 heavy (non-hydrogen) atoms. The van der Waals surface area contributed by atoms with Crippen LogP contribution in [0.2, 0.25) is 0 Å². The van der Waals surface area contributed by atoms with E-state index in [1.165, 1.54) is 5.56 Å². The Morgan fingerprint density at radius 2 is 2.15 bits per heavy atom. The summed E-state index contributed by atoms with van der Waals surface area (Å²) in [6.45, 7) is 4.66. The molecule has 0 radical (unpaired) electrons.